The van der Waals surface area contributed by atoms with Crippen LogP contribution in [0.2, 0.25) is 0 Å². The molecule has 0 aliphatic heterocycles. The van der Waals surface area contributed by atoms with E-state index in [-0.39, 0.29) is 5.91 Å². The molecule has 2 N–H and O–H groups in total. The second-order valence-electron chi connectivity index (χ2n) is 6.76. The Labute approximate surface area is 172 Å². The van der Waals surface area contributed by atoms with Crippen LogP contribution in [0.25, 0.3) is 16.7 Å². The molecule has 0 atom stereocenters. The Morgan fingerprint density at radius 2 is 1.90 bits per heavy atom. The van der Waals surface area contributed by atoms with Crippen molar-refractivity contribution in [1.82, 2.24) is 25.1 Å². The topological polar surface area (TPSA) is 84.7 Å². The summed E-state index contributed by atoms with van der Waals surface area (Å²) in [4.78, 5) is 22.0. The van der Waals surface area contributed by atoms with Crippen molar-refractivity contribution in [3.05, 3.63) is 63.7 Å². The van der Waals surface area contributed by atoms with Crippen LogP contribution in [0.5, 0.6) is 0 Å². The maximum absolute atomic E-state index is 12.1. The van der Waals surface area contributed by atoms with Gasteiger partial charge >= 0.3 is 0 Å². The lowest BCUT2D eigenvalue weighted by atomic mass is 10.2. The quantitative estimate of drug-likeness (QED) is 0.478. The van der Waals surface area contributed by atoms with Gasteiger partial charge in [-0.2, -0.15) is 5.10 Å². The number of rotatable bonds is 6. The van der Waals surface area contributed by atoms with Gasteiger partial charge in [0.05, 0.1) is 21.6 Å². The first-order valence-corrected chi connectivity index (χ1v) is 10.3. The lowest BCUT2D eigenvalue weighted by Gasteiger charge is -2.10. The number of amides is 1. The zero-order valence-electron chi connectivity index (χ0n) is 16.6. The Morgan fingerprint density at radius 3 is 2.66 bits per heavy atom. The van der Waals surface area contributed by atoms with E-state index < -0.39 is 0 Å². The summed E-state index contributed by atoms with van der Waals surface area (Å²) in [5, 5.41) is 13.8. The molecule has 7 nitrogen and oxygen atoms in total. The number of carbonyl (C=O) groups is 1. The third kappa shape index (κ3) is 3.84. The van der Waals surface area contributed by atoms with Gasteiger partial charge in [0.1, 0.15) is 11.6 Å². The van der Waals surface area contributed by atoms with Crippen LogP contribution in [0.15, 0.2) is 41.8 Å². The third-order valence-corrected chi connectivity index (χ3v) is 5.47. The zero-order valence-corrected chi connectivity index (χ0v) is 17.4. The minimum absolute atomic E-state index is 0.0608. The maximum Gasteiger partial charge on any atom is 0.261 e. The van der Waals surface area contributed by atoms with Gasteiger partial charge in [0.2, 0.25) is 0 Å². The van der Waals surface area contributed by atoms with Crippen LogP contribution in [0.4, 0.5) is 5.82 Å². The highest BCUT2D eigenvalue weighted by molar-refractivity contribution is 7.12. The van der Waals surface area contributed by atoms with Crippen molar-refractivity contribution in [3.63, 3.8) is 0 Å². The zero-order chi connectivity index (χ0) is 20.4. The molecule has 0 radical (unpaired) electrons. The summed E-state index contributed by atoms with van der Waals surface area (Å²) < 4.78 is 1.87. The average Bonchev–Trinajstić information content (AvgIpc) is 3.34. The summed E-state index contributed by atoms with van der Waals surface area (Å²) >= 11 is 1.43. The van der Waals surface area contributed by atoms with Crippen molar-refractivity contribution in [3.8, 4) is 5.69 Å². The van der Waals surface area contributed by atoms with E-state index in [1.54, 1.807) is 0 Å². The molecule has 0 saturated heterocycles. The Balaban J connectivity index is 1.57. The monoisotopic (exact) mass is 406 g/mol. The smallest absolute Gasteiger partial charge is 0.261 e. The van der Waals surface area contributed by atoms with Crippen molar-refractivity contribution in [2.24, 2.45) is 0 Å². The summed E-state index contributed by atoms with van der Waals surface area (Å²) in [6.07, 6.45) is 0. The van der Waals surface area contributed by atoms with Gasteiger partial charge in [-0.25, -0.2) is 14.6 Å². The molecule has 0 spiro atoms. The Morgan fingerprint density at radius 1 is 1.07 bits per heavy atom. The molecule has 4 rings (SSSR count). The van der Waals surface area contributed by atoms with E-state index in [4.69, 9.17) is 5.10 Å². The molecule has 0 aliphatic carbocycles. The number of para-hydroxylation sites is 1. The highest BCUT2D eigenvalue weighted by atomic mass is 32.1. The Kier molecular flexibility index (Phi) is 5.26. The van der Waals surface area contributed by atoms with Crippen molar-refractivity contribution in [1.29, 1.82) is 0 Å². The molecule has 8 heteroatoms. The highest BCUT2D eigenvalue weighted by Crippen LogP contribution is 2.27. The van der Waals surface area contributed by atoms with E-state index in [0.29, 0.717) is 23.8 Å². The first-order chi connectivity index (χ1) is 14.0. The van der Waals surface area contributed by atoms with Crippen molar-refractivity contribution >= 4 is 34.1 Å². The van der Waals surface area contributed by atoms with Crippen molar-refractivity contribution in [2.75, 3.05) is 18.4 Å². The van der Waals surface area contributed by atoms with Gasteiger partial charge in [0, 0.05) is 13.1 Å². The number of fused-ring (bicyclic) bond motifs is 1. The van der Waals surface area contributed by atoms with Gasteiger partial charge in [-0.1, -0.05) is 24.3 Å². The van der Waals surface area contributed by atoms with Gasteiger partial charge < -0.3 is 10.6 Å². The van der Waals surface area contributed by atoms with Crippen LogP contribution in [0.1, 0.15) is 26.8 Å². The Hall–Kier alpha value is -3.26. The second-order valence-corrected chi connectivity index (χ2v) is 7.71. The molecular weight excluding hydrogens is 384 g/mol. The second kappa shape index (κ2) is 8.00. The Bertz CT molecular complexity index is 1170. The first-order valence-electron chi connectivity index (χ1n) is 9.40. The van der Waals surface area contributed by atoms with Gasteiger partial charge in [-0.15, -0.1) is 11.3 Å². The fourth-order valence-corrected chi connectivity index (χ4v) is 3.88. The van der Waals surface area contributed by atoms with E-state index in [1.807, 2.05) is 54.2 Å². The predicted molar refractivity (Wildman–Crippen MR) is 116 cm³/mol. The largest absolute Gasteiger partial charge is 0.368 e. The number of nitrogens with one attached hydrogen (secondary N) is 2. The number of thiophene rings is 1. The van der Waals surface area contributed by atoms with Crippen LogP contribution in [0.3, 0.4) is 0 Å². The van der Waals surface area contributed by atoms with Gasteiger partial charge in [-0.3, -0.25) is 4.79 Å². The molecule has 29 heavy (non-hydrogen) atoms. The number of hydrogen-bond donors (Lipinski definition) is 2. The van der Waals surface area contributed by atoms with E-state index in [1.165, 1.54) is 11.3 Å². The summed E-state index contributed by atoms with van der Waals surface area (Å²) in [7, 11) is 0. The van der Waals surface area contributed by atoms with E-state index in [9.17, 15) is 4.79 Å². The molecule has 0 saturated carbocycles. The molecule has 0 fully saturated rings. The SMILES string of the molecule is Cc1nc(NCCNC(=O)c2cccs2)c2c(C)nn(-c3ccccc3C)c2n1. The third-order valence-electron chi connectivity index (χ3n) is 4.61. The van der Waals surface area contributed by atoms with Crippen LogP contribution >= 0.6 is 11.3 Å². The predicted octanol–water partition coefficient (Wildman–Crippen LogP) is 3.64. The maximum atomic E-state index is 12.1. The fourth-order valence-electron chi connectivity index (χ4n) is 3.24. The fraction of sp³-hybridized carbons (Fsp3) is 0.238. The minimum atomic E-state index is -0.0608. The number of carbonyl (C=O) groups excluding carboxylic acids is 1. The van der Waals surface area contributed by atoms with Crippen molar-refractivity contribution in [2.45, 2.75) is 20.8 Å². The standard InChI is InChI=1S/C21H22N6OS/c1-13-7-4-5-8-16(13)27-20-18(14(2)26-27)19(24-15(3)25-20)22-10-11-23-21(28)17-9-6-12-29-17/h4-9,12H,10-11H2,1-3H3,(H,23,28)(H,22,24,25). The highest BCUT2D eigenvalue weighted by Gasteiger charge is 2.17. The normalized spacial score (nSPS) is 11.0. The minimum Gasteiger partial charge on any atom is -0.368 e. The molecule has 0 bridgehead atoms. The molecule has 3 aromatic heterocycles. The lowest BCUT2D eigenvalue weighted by molar-refractivity contribution is 0.0959. The summed E-state index contributed by atoms with van der Waals surface area (Å²) in [5.74, 6) is 1.34. The molecule has 3 heterocycles. The molecule has 148 valence electrons. The summed E-state index contributed by atoms with van der Waals surface area (Å²) in [6, 6.07) is 11.8. The van der Waals surface area contributed by atoms with Crippen LogP contribution in [-0.4, -0.2) is 38.7 Å². The number of benzene rings is 1. The number of nitrogens with zero attached hydrogens (tertiary/aromatic N) is 4. The average molecular weight is 407 g/mol. The number of aryl methyl sites for hydroxylation is 3. The van der Waals surface area contributed by atoms with E-state index in [2.05, 4.69) is 33.6 Å². The molecule has 4 aromatic rings. The molecule has 1 amide bonds. The van der Waals surface area contributed by atoms with Crippen molar-refractivity contribution < 1.29 is 4.79 Å². The van der Waals surface area contributed by atoms with E-state index in [0.717, 1.165) is 33.8 Å². The number of hydrogen-bond acceptors (Lipinski definition) is 6. The van der Waals surface area contributed by atoms with E-state index >= 15 is 0 Å². The molecule has 0 unspecified atom stereocenters. The number of aromatic nitrogens is 4. The summed E-state index contributed by atoms with van der Waals surface area (Å²) in [6.45, 7) is 6.93. The first kappa shape index (κ1) is 19.1. The molecule has 0 aliphatic rings. The van der Waals surface area contributed by atoms with Gasteiger partial charge in [-0.05, 0) is 43.8 Å². The van der Waals surface area contributed by atoms with Gasteiger partial charge in [0.15, 0.2) is 5.65 Å². The lowest BCUT2D eigenvalue weighted by Crippen LogP contribution is -2.28. The summed E-state index contributed by atoms with van der Waals surface area (Å²) in [5.41, 5.74) is 3.75. The van der Waals surface area contributed by atoms with Crippen LogP contribution < -0.4 is 10.6 Å². The van der Waals surface area contributed by atoms with Gasteiger partial charge in [0.25, 0.3) is 5.91 Å². The molecule has 1 aromatic carbocycles. The van der Waals surface area contributed by atoms with Crippen LogP contribution in [0, 0.1) is 20.8 Å². The van der Waals surface area contributed by atoms with Crippen LogP contribution in [-0.2, 0) is 0 Å². The number of anilines is 1. The molecular formula is C21H22N6OS.